The van der Waals surface area contributed by atoms with E-state index in [4.69, 9.17) is 4.74 Å². The van der Waals surface area contributed by atoms with E-state index in [0.717, 1.165) is 18.6 Å². The highest BCUT2D eigenvalue weighted by molar-refractivity contribution is 7.99. The van der Waals surface area contributed by atoms with Gasteiger partial charge in [-0.05, 0) is 36.3 Å². The minimum atomic E-state index is -0.583. The van der Waals surface area contributed by atoms with Crippen molar-refractivity contribution in [3.8, 4) is 5.75 Å². The van der Waals surface area contributed by atoms with Crippen molar-refractivity contribution in [3.05, 3.63) is 29.6 Å². The lowest BCUT2D eigenvalue weighted by Crippen LogP contribution is -2.19. The Balaban J connectivity index is 2.12. The molecule has 1 saturated heterocycles. The van der Waals surface area contributed by atoms with Crippen LogP contribution >= 0.6 is 11.8 Å². The minimum absolute atomic E-state index is 0.191. The molecule has 94 valence electrons. The van der Waals surface area contributed by atoms with Crippen LogP contribution in [0.4, 0.5) is 4.39 Å². The third kappa shape index (κ3) is 2.93. The summed E-state index contributed by atoms with van der Waals surface area (Å²) in [6.07, 6.45) is 2.78. The zero-order chi connectivity index (χ0) is 12.3. The highest BCUT2D eigenvalue weighted by Gasteiger charge is 2.24. The quantitative estimate of drug-likeness (QED) is 0.901. The first-order valence-corrected chi connectivity index (χ1v) is 6.90. The van der Waals surface area contributed by atoms with E-state index in [9.17, 15) is 9.50 Å². The van der Waals surface area contributed by atoms with Crippen molar-refractivity contribution in [1.82, 2.24) is 0 Å². The predicted molar refractivity (Wildman–Crippen MR) is 68.0 cm³/mol. The average molecular weight is 256 g/mol. The molecule has 1 aromatic rings. The third-order valence-corrected chi connectivity index (χ3v) is 4.53. The fraction of sp³-hybridized carbons (Fsp3) is 0.538. The largest absolute Gasteiger partial charge is 0.494 e. The molecule has 1 fully saturated rings. The number of benzene rings is 1. The Morgan fingerprint density at radius 3 is 2.88 bits per heavy atom. The second kappa shape index (κ2) is 5.74. The van der Waals surface area contributed by atoms with Crippen LogP contribution in [-0.2, 0) is 0 Å². The van der Waals surface area contributed by atoms with Crippen molar-refractivity contribution in [3.63, 3.8) is 0 Å². The predicted octanol–water partition coefficient (Wildman–Crippen LogP) is 3.15. The zero-order valence-electron chi connectivity index (χ0n) is 9.86. The molecule has 0 amide bonds. The Kier molecular flexibility index (Phi) is 4.29. The van der Waals surface area contributed by atoms with Crippen LogP contribution in [-0.4, -0.2) is 23.2 Å². The molecule has 1 aliphatic rings. The molecule has 2 rings (SSSR count). The number of rotatable bonds is 3. The molecule has 2 atom stereocenters. The maximum absolute atomic E-state index is 13.5. The summed E-state index contributed by atoms with van der Waals surface area (Å²) in [6.45, 7) is 0. The van der Waals surface area contributed by atoms with Crippen molar-refractivity contribution in [2.45, 2.75) is 30.6 Å². The van der Waals surface area contributed by atoms with E-state index < -0.39 is 11.9 Å². The Bertz CT molecular complexity index is 378. The SMILES string of the molecule is COc1ccc(C(O)C2CCCCS2)cc1F. The fourth-order valence-electron chi connectivity index (χ4n) is 2.10. The van der Waals surface area contributed by atoms with Crippen molar-refractivity contribution < 1.29 is 14.2 Å². The van der Waals surface area contributed by atoms with E-state index in [1.54, 1.807) is 23.9 Å². The Hall–Kier alpha value is -0.740. The molecule has 0 bridgehead atoms. The summed E-state index contributed by atoms with van der Waals surface area (Å²) in [5.74, 6) is 0.891. The van der Waals surface area contributed by atoms with Crippen LogP contribution in [0.2, 0.25) is 0 Å². The van der Waals surface area contributed by atoms with Gasteiger partial charge in [-0.15, -0.1) is 0 Å². The van der Waals surface area contributed by atoms with Crippen LogP contribution in [0.3, 0.4) is 0 Å². The molecule has 0 aliphatic carbocycles. The van der Waals surface area contributed by atoms with Gasteiger partial charge in [-0.2, -0.15) is 11.8 Å². The van der Waals surface area contributed by atoms with Crippen LogP contribution in [0.5, 0.6) is 5.75 Å². The molecule has 4 heteroatoms. The van der Waals surface area contributed by atoms with Gasteiger partial charge in [-0.1, -0.05) is 12.5 Å². The first kappa shape index (κ1) is 12.7. The van der Waals surface area contributed by atoms with E-state index in [-0.39, 0.29) is 11.0 Å². The van der Waals surface area contributed by atoms with Gasteiger partial charge in [0.1, 0.15) is 0 Å². The summed E-state index contributed by atoms with van der Waals surface area (Å²) in [5, 5.41) is 10.4. The van der Waals surface area contributed by atoms with Crippen LogP contribution < -0.4 is 4.74 Å². The number of thioether (sulfide) groups is 1. The number of hydrogen-bond acceptors (Lipinski definition) is 3. The van der Waals surface area contributed by atoms with Gasteiger partial charge in [0.05, 0.1) is 13.2 Å². The Labute approximate surface area is 105 Å². The second-order valence-corrected chi connectivity index (χ2v) is 5.59. The molecule has 1 heterocycles. The van der Waals surface area contributed by atoms with Crippen LogP contribution in [0.15, 0.2) is 18.2 Å². The summed E-state index contributed by atoms with van der Waals surface area (Å²) in [5.41, 5.74) is 0.641. The molecule has 0 saturated carbocycles. The highest BCUT2D eigenvalue weighted by Crippen LogP contribution is 2.35. The maximum Gasteiger partial charge on any atom is 0.165 e. The average Bonchev–Trinajstić information content (AvgIpc) is 2.39. The van der Waals surface area contributed by atoms with Crippen molar-refractivity contribution in [1.29, 1.82) is 0 Å². The second-order valence-electron chi connectivity index (χ2n) is 4.24. The van der Waals surface area contributed by atoms with Crippen molar-refractivity contribution >= 4 is 11.8 Å². The minimum Gasteiger partial charge on any atom is -0.494 e. The molecule has 2 nitrogen and oxygen atoms in total. The Morgan fingerprint density at radius 1 is 1.47 bits per heavy atom. The van der Waals surface area contributed by atoms with Gasteiger partial charge in [0.15, 0.2) is 11.6 Å². The molecular formula is C13H17FO2S. The molecule has 0 radical (unpaired) electrons. The van der Waals surface area contributed by atoms with Gasteiger partial charge in [0.2, 0.25) is 0 Å². The van der Waals surface area contributed by atoms with Gasteiger partial charge >= 0.3 is 0 Å². The zero-order valence-corrected chi connectivity index (χ0v) is 10.7. The molecule has 0 spiro atoms. The lowest BCUT2D eigenvalue weighted by Gasteiger charge is -2.26. The van der Waals surface area contributed by atoms with E-state index >= 15 is 0 Å². The van der Waals surface area contributed by atoms with Crippen molar-refractivity contribution in [2.75, 3.05) is 12.9 Å². The monoisotopic (exact) mass is 256 g/mol. The lowest BCUT2D eigenvalue weighted by atomic mass is 10.0. The van der Waals surface area contributed by atoms with Crippen LogP contribution in [0, 0.1) is 5.82 Å². The molecular weight excluding hydrogens is 239 g/mol. The van der Waals surface area contributed by atoms with Crippen LogP contribution in [0.25, 0.3) is 0 Å². The van der Waals surface area contributed by atoms with E-state index in [1.807, 2.05) is 0 Å². The van der Waals surface area contributed by atoms with E-state index in [1.165, 1.54) is 19.6 Å². The molecule has 2 unspecified atom stereocenters. The standard InChI is InChI=1S/C13H17FO2S/c1-16-11-6-5-9(8-10(11)14)13(15)12-4-2-3-7-17-12/h5-6,8,12-13,15H,2-4,7H2,1H3. The van der Waals surface area contributed by atoms with Gasteiger partial charge in [0, 0.05) is 5.25 Å². The van der Waals surface area contributed by atoms with Gasteiger partial charge < -0.3 is 9.84 Å². The van der Waals surface area contributed by atoms with E-state index in [2.05, 4.69) is 0 Å². The molecule has 17 heavy (non-hydrogen) atoms. The number of methoxy groups -OCH3 is 1. The number of hydrogen-bond donors (Lipinski definition) is 1. The van der Waals surface area contributed by atoms with Gasteiger partial charge in [-0.3, -0.25) is 0 Å². The van der Waals surface area contributed by atoms with Gasteiger partial charge in [-0.25, -0.2) is 4.39 Å². The topological polar surface area (TPSA) is 29.5 Å². The summed E-state index contributed by atoms with van der Waals surface area (Å²) in [6, 6.07) is 4.68. The summed E-state index contributed by atoms with van der Waals surface area (Å²) in [7, 11) is 1.44. The number of aliphatic hydroxyl groups is 1. The first-order valence-electron chi connectivity index (χ1n) is 5.85. The fourth-order valence-corrected chi connectivity index (χ4v) is 3.44. The number of aliphatic hydroxyl groups excluding tert-OH is 1. The van der Waals surface area contributed by atoms with Crippen molar-refractivity contribution in [2.24, 2.45) is 0 Å². The normalized spacial score (nSPS) is 22.2. The highest BCUT2D eigenvalue weighted by atomic mass is 32.2. The lowest BCUT2D eigenvalue weighted by molar-refractivity contribution is 0.168. The molecule has 1 aromatic carbocycles. The smallest absolute Gasteiger partial charge is 0.165 e. The number of ether oxygens (including phenoxy) is 1. The first-order chi connectivity index (χ1) is 8.22. The number of halogens is 1. The van der Waals surface area contributed by atoms with Crippen LogP contribution in [0.1, 0.15) is 30.9 Å². The molecule has 1 aliphatic heterocycles. The molecule has 1 N–H and O–H groups in total. The third-order valence-electron chi connectivity index (χ3n) is 3.08. The Morgan fingerprint density at radius 2 is 2.29 bits per heavy atom. The summed E-state index contributed by atoms with van der Waals surface area (Å²) < 4.78 is 18.4. The summed E-state index contributed by atoms with van der Waals surface area (Å²) >= 11 is 1.78. The van der Waals surface area contributed by atoms with E-state index in [0.29, 0.717) is 5.56 Å². The molecule has 0 aromatic heterocycles. The summed E-state index contributed by atoms with van der Waals surface area (Å²) in [4.78, 5) is 0. The maximum atomic E-state index is 13.5. The van der Waals surface area contributed by atoms with Gasteiger partial charge in [0.25, 0.3) is 0 Å².